The Balaban J connectivity index is 2.54. The smallest absolute Gasteiger partial charge is 0.0674 e. The lowest BCUT2D eigenvalue weighted by Gasteiger charge is -2.07. The van der Waals surface area contributed by atoms with E-state index >= 15 is 0 Å². The van der Waals surface area contributed by atoms with Gasteiger partial charge in [0.05, 0.1) is 11.4 Å². The van der Waals surface area contributed by atoms with Crippen molar-refractivity contribution < 1.29 is 0 Å². The van der Waals surface area contributed by atoms with Gasteiger partial charge in [0.25, 0.3) is 0 Å². The number of hydrogen-bond acceptors (Lipinski definition) is 2. The quantitative estimate of drug-likeness (QED) is 0.875. The van der Waals surface area contributed by atoms with Crippen molar-refractivity contribution in [2.45, 2.75) is 33.2 Å². The molecule has 0 saturated heterocycles. The van der Waals surface area contributed by atoms with Crippen molar-refractivity contribution in [3.63, 3.8) is 0 Å². The first-order valence-electron chi connectivity index (χ1n) is 6.61. The molecule has 2 rings (SSSR count). The molecule has 1 aromatic carbocycles. The summed E-state index contributed by atoms with van der Waals surface area (Å²) in [6.45, 7) is 5.24. The van der Waals surface area contributed by atoms with Gasteiger partial charge < -0.3 is 5.32 Å². The molecule has 0 radical (unpaired) electrons. The van der Waals surface area contributed by atoms with Crippen molar-refractivity contribution in [3.8, 4) is 5.69 Å². The van der Waals surface area contributed by atoms with E-state index in [-0.39, 0.29) is 0 Å². The standard InChI is InChI=1S/C15H21N3/c1-4-14-13(11-16-3)15(5-2)18(17-14)12-9-7-6-8-10-12/h6-10,16H,4-5,11H2,1-3H3. The molecule has 1 N–H and O–H groups in total. The van der Waals surface area contributed by atoms with E-state index in [9.17, 15) is 0 Å². The second-order valence-electron chi connectivity index (χ2n) is 4.36. The van der Waals surface area contributed by atoms with Crippen LogP contribution in [0.3, 0.4) is 0 Å². The van der Waals surface area contributed by atoms with Crippen LogP contribution < -0.4 is 5.32 Å². The molecule has 0 saturated carbocycles. The summed E-state index contributed by atoms with van der Waals surface area (Å²) in [6, 6.07) is 10.4. The highest BCUT2D eigenvalue weighted by atomic mass is 15.3. The first-order valence-corrected chi connectivity index (χ1v) is 6.61. The molecule has 0 aliphatic rings. The largest absolute Gasteiger partial charge is 0.316 e. The van der Waals surface area contributed by atoms with Crippen LogP contribution >= 0.6 is 0 Å². The molecule has 0 atom stereocenters. The number of nitrogens with one attached hydrogen (secondary N) is 1. The normalized spacial score (nSPS) is 10.8. The highest BCUT2D eigenvalue weighted by molar-refractivity contribution is 5.37. The van der Waals surface area contributed by atoms with Crippen molar-refractivity contribution in [2.24, 2.45) is 0 Å². The van der Waals surface area contributed by atoms with E-state index in [1.807, 2.05) is 13.1 Å². The van der Waals surface area contributed by atoms with Crippen LogP contribution in [0.1, 0.15) is 30.8 Å². The zero-order valence-corrected chi connectivity index (χ0v) is 11.4. The Morgan fingerprint density at radius 2 is 1.83 bits per heavy atom. The van der Waals surface area contributed by atoms with Crippen LogP contribution in [0, 0.1) is 0 Å². The number of nitrogens with zero attached hydrogens (tertiary/aromatic N) is 2. The van der Waals surface area contributed by atoms with Crippen molar-refractivity contribution in [1.29, 1.82) is 0 Å². The summed E-state index contributed by atoms with van der Waals surface area (Å²) >= 11 is 0. The van der Waals surface area contributed by atoms with Crippen molar-refractivity contribution >= 4 is 0 Å². The van der Waals surface area contributed by atoms with Gasteiger partial charge in [-0.25, -0.2) is 4.68 Å². The molecule has 0 bridgehead atoms. The monoisotopic (exact) mass is 243 g/mol. The second kappa shape index (κ2) is 5.83. The Hall–Kier alpha value is -1.61. The zero-order valence-electron chi connectivity index (χ0n) is 11.4. The molecule has 0 unspecified atom stereocenters. The summed E-state index contributed by atoms with van der Waals surface area (Å²) in [7, 11) is 1.98. The summed E-state index contributed by atoms with van der Waals surface area (Å²) in [6.07, 6.45) is 1.97. The molecule has 2 aromatic rings. The third kappa shape index (κ3) is 2.31. The van der Waals surface area contributed by atoms with Crippen molar-refractivity contribution in [1.82, 2.24) is 15.1 Å². The van der Waals surface area contributed by atoms with Crippen molar-refractivity contribution in [2.75, 3.05) is 7.05 Å². The SMILES string of the molecule is CCc1nn(-c2ccccc2)c(CC)c1CNC. The predicted octanol–water partition coefficient (Wildman–Crippen LogP) is 2.72. The van der Waals surface area contributed by atoms with Gasteiger partial charge in [-0.2, -0.15) is 5.10 Å². The molecular weight excluding hydrogens is 222 g/mol. The van der Waals surface area contributed by atoms with Crippen LogP contribution in [-0.2, 0) is 19.4 Å². The minimum absolute atomic E-state index is 0.888. The van der Waals surface area contributed by atoms with Gasteiger partial charge in [0.2, 0.25) is 0 Å². The number of hydrogen-bond donors (Lipinski definition) is 1. The van der Waals surface area contributed by atoms with Crippen LogP contribution in [0.15, 0.2) is 30.3 Å². The van der Waals surface area contributed by atoms with E-state index < -0.39 is 0 Å². The van der Waals surface area contributed by atoms with E-state index in [0.717, 1.165) is 25.1 Å². The minimum atomic E-state index is 0.888. The van der Waals surface area contributed by atoms with E-state index in [2.05, 4.69) is 48.1 Å². The van der Waals surface area contributed by atoms with E-state index in [4.69, 9.17) is 5.10 Å². The second-order valence-corrected chi connectivity index (χ2v) is 4.36. The molecule has 0 spiro atoms. The third-order valence-electron chi connectivity index (χ3n) is 3.20. The minimum Gasteiger partial charge on any atom is -0.316 e. The maximum atomic E-state index is 4.76. The molecule has 0 amide bonds. The molecule has 1 aromatic heterocycles. The molecule has 3 nitrogen and oxygen atoms in total. The molecular formula is C15H21N3. The highest BCUT2D eigenvalue weighted by Gasteiger charge is 2.15. The van der Waals surface area contributed by atoms with E-state index in [0.29, 0.717) is 0 Å². The van der Waals surface area contributed by atoms with Gasteiger partial charge in [-0.3, -0.25) is 0 Å². The van der Waals surface area contributed by atoms with Crippen LogP contribution in [-0.4, -0.2) is 16.8 Å². The molecule has 1 heterocycles. The summed E-state index contributed by atoms with van der Waals surface area (Å²) < 4.78 is 2.09. The number of rotatable bonds is 5. The van der Waals surface area contributed by atoms with Crippen molar-refractivity contribution in [3.05, 3.63) is 47.3 Å². The van der Waals surface area contributed by atoms with Gasteiger partial charge in [-0.05, 0) is 32.0 Å². The fourth-order valence-corrected chi connectivity index (χ4v) is 2.35. The Kier molecular flexibility index (Phi) is 4.15. The van der Waals surface area contributed by atoms with E-state index in [1.54, 1.807) is 0 Å². The molecule has 0 fully saturated rings. The average molecular weight is 243 g/mol. The lowest BCUT2D eigenvalue weighted by atomic mass is 10.1. The van der Waals surface area contributed by atoms with Gasteiger partial charge in [-0.15, -0.1) is 0 Å². The fourth-order valence-electron chi connectivity index (χ4n) is 2.35. The first kappa shape index (κ1) is 12.8. The Labute approximate surface area is 109 Å². The Morgan fingerprint density at radius 1 is 1.11 bits per heavy atom. The summed E-state index contributed by atoms with van der Waals surface area (Å²) in [5, 5.41) is 8.01. The lowest BCUT2D eigenvalue weighted by molar-refractivity contribution is 0.779. The molecule has 0 aliphatic heterocycles. The molecule has 0 aliphatic carbocycles. The van der Waals surface area contributed by atoms with Gasteiger partial charge >= 0.3 is 0 Å². The highest BCUT2D eigenvalue weighted by Crippen LogP contribution is 2.20. The summed E-state index contributed by atoms with van der Waals surface area (Å²) in [5.74, 6) is 0. The van der Waals surface area contributed by atoms with Crippen LogP contribution in [0.25, 0.3) is 5.69 Å². The third-order valence-corrected chi connectivity index (χ3v) is 3.20. The number of aryl methyl sites for hydroxylation is 1. The van der Waals surface area contributed by atoms with Gasteiger partial charge in [0, 0.05) is 17.8 Å². The van der Waals surface area contributed by atoms with Crippen LogP contribution in [0.4, 0.5) is 0 Å². The maximum Gasteiger partial charge on any atom is 0.0674 e. The molecule has 96 valence electrons. The maximum absolute atomic E-state index is 4.76. The topological polar surface area (TPSA) is 29.9 Å². The number of benzene rings is 1. The Morgan fingerprint density at radius 3 is 2.39 bits per heavy atom. The van der Waals surface area contributed by atoms with Crippen LogP contribution in [0.2, 0.25) is 0 Å². The lowest BCUT2D eigenvalue weighted by Crippen LogP contribution is -2.09. The zero-order chi connectivity index (χ0) is 13.0. The van der Waals surface area contributed by atoms with E-state index in [1.165, 1.54) is 17.0 Å². The fraction of sp³-hybridized carbons (Fsp3) is 0.400. The van der Waals surface area contributed by atoms with Gasteiger partial charge in [0.15, 0.2) is 0 Å². The Bertz CT molecular complexity index is 500. The number of aromatic nitrogens is 2. The first-order chi connectivity index (χ1) is 8.81. The summed E-state index contributed by atoms with van der Waals surface area (Å²) in [4.78, 5) is 0. The number of para-hydroxylation sites is 1. The van der Waals surface area contributed by atoms with Crippen LogP contribution in [0.5, 0.6) is 0 Å². The predicted molar refractivity (Wildman–Crippen MR) is 75.1 cm³/mol. The van der Waals surface area contributed by atoms with Gasteiger partial charge in [0.1, 0.15) is 0 Å². The average Bonchev–Trinajstić information content (AvgIpc) is 2.78. The van der Waals surface area contributed by atoms with Gasteiger partial charge in [-0.1, -0.05) is 32.0 Å². The molecule has 18 heavy (non-hydrogen) atoms. The summed E-state index contributed by atoms with van der Waals surface area (Å²) in [5.41, 5.74) is 5.01. The molecule has 3 heteroatoms.